The molecule has 1 atom stereocenters. The van der Waals surface area contributed by atoms with Crippen LogP contribution in [0, 0.1) is 5.41 Å². The number of nitrogens with one attached hydrogen (secondary N) is 1. The number of carboxylic acid groups (broad SMARTS) is 1. The van der Waals surface area contributed by atoms with E-state index in [4.69, 9.17) is 4.74 Å². The van der Waals surface area contributed by atoms with Crippen LogP contribution in [0.4, 0.5) is 15.3 Å². The Labute approximate surface area is 160 Å². The molecule has 1 fully saturated rings. The van der Waals surface area contributed by atoms with Crippen LogP contribution in [0.1, 0.15) is 37.8 Å². The number of nitrogens with zero attached hydrogens (tertiary/aromatic N) is 2. The predicted octanol–water partition coefficient (Wildman–Crippen LogP) is 3.22. The van der Waals surface area contributed by atoms with E-state index in [1.54, 1.807) is 4.90 Å². The van der Waals surface area contributed by atoms with Crippen molar-refractivity contribution in [3.8, 4) is 0 Å². The summed E-state index contributed by atoms with van der Waals surface area (Å²) in [4.78, 5) is 27.3. The maximum atomic E-state index is 12.4. The van der Waals surface area contributed by atoms with E-state index < -0.39 is 6.09 Å². The third-order valence-electron chi connectivity index (χ3n) is 5.44. The second kappa shape index (κ2) is 7.76. The van der Waals surface area contributed by atoms with Gasteiger partial charge in [-0.15, -0.1) is 0 Å². The minimum Gasteiger partial charge on any atom is -0.465 e. The van der Waals surface area contributed by atoms with Gasteiger partial charge in [0.15, 0.2) is 0 Å². The van der Waals surface area contributed by atoms with Gasteiger partial charge in [0.25, 0.3) is 0 Å². The van der Waals surface area contributed by atoms with Gasteiger partial charge in [0.05, 0.1) is 13.2 Å². The van der Waals surface area contributed by atoms with E-state index in [0.717, 1.165) is 11.3 Å². The zero-order valence-corrected chi connectivity index (χ0v) is 16.3. The Kier molecular flexibility index (Phi) is 5.60. The van der Waals surface area contributed by atoms with E-state index >= 15 is 0 Å². The summed E-state index contributed by atoms with van der Waals surface area (Å²) >= 11 is 0. The lowest BCUT2D eigenvalue weighted by Crippen LogP contribution is -2.43. The van der Waals surface area contributed by atoms with Crippen molar-refractivity contribution >= 4 is 17.8 Å². The Morgan fingerprint density at radius 1 is 1.15 bits per heavy atom. The summed E-state index contributed by atoms with van der Waals surface area (Å²) in [5.74, 6) is 0.107. The molecular formula is C20H29N3O4. The number of urea groups is 1. The lowest BCUT2D eigenvalue weighted by Gasteiger charge is -2.33. The first kappa shape index (κ1) is 19.5. The van der Waals surface area contributed by atoms with Crippen molar-refractivity contribution in [2.24, 2.45) is 5.41 Å². The Morgan fingerprint density at radius 3 is 2.48 bits per heavy atom. The quantitative estimate of drug-likeness (QED) is 0.790. The van der Waals surface area contributed by atoms with Gasteiger partial charge < -0.3 is 25.0 Å². The van der Waals surface area contributed by atoms with Crippen LogP contribution in [0.5, 0.6) is 0 Å². The molecule has 2 aliphatic rings. The molecular weight excluding hydrogens is 346 g/mol. The van der Waals surface area contributed by atoms with Gasteiger partial charge in [-0.25, -0.2) is 9.59 Å². The van der Waals surface area contributed by atoms with Crippen molar-refractivity contribution in [2.75, 3.05) is 44.7 Å². The zero-order valence-electron chi connectivity index (χ0n) is 16.3. The number of amides is 3. The average molecular weight is 375 g/mol. The molecule has 7 nitrogen and oxygen atoms in total. The molecule has 0 aliphatic carbocycles. The number of anilines is 1. The normalized spacial score (nSPS) is 20.6. The lowest BCUT2D eigenvalue weighted by atomic mass is 9.75. The molecule has 7 heteroatoms. The number of fused-ring (bicyclic) bond motifs is 1. The summed E-state index contributed by atoms with van der Waals surface area (Å²) in [7, 11) is 0. The highest BCUT2D eigenvalue weighted by Crippen LogP contribution is 2.39. The molecule has 3 rings (SSSR count). The van der Waals surface area contributed by atoms with E-state index in [-0.39, 0.29) is 17.4 Å². The average Bonchev–Trinajstić information content (AvgIpc) is 2.82. The van der Waals surface area contributed by atoms with Gasteiger partial charge in [0.2, 0.25) is 0 Å². The van der Waals surface area contributed by atoms with Crippen molar-refractivity contribution in [1.82, 2.24) is 9.80 Å². The van der Waals surface area contributed by atoms with Gasteiger partial charge in [-0.2, -0.15) is 0 Å². The van der Waals surface area contributed by atoms with Gasteiger partial charge in [-0.05, 0) is 35.1 Å². The van der Waals surface area contributed by atoms with Crippen LogP contribution in [0.25, 0.3) is 0 Å². The fraction of sp³-hybridized carbons (Fsp3) is 0.600. The van der Waals surface area contributed by atoms with Gasteiger partial charge in [0.1, 0.15) is 0 Å². The van der Waals surface area contributed by atoms with E-state index in [1.807, 2.05) is 18.2 Å². The molecule has 27 heavy (non-hydrogen) atoms. The van der Waals surface area contributed by atoms with Crippen molar-refractivity contribution < 1.29 is 19.4 Å². The topological polar surface area (TPSA) is 82.1 Å². The molecule has 3 amide bonds. The molecule has 0 saturated carbocycles. The molecule has 0 aromatic heterocycles. The standard InChI is InChI=1S/C20H29N3O4/c1-20(2,3)17-13-23(19(25)26)7-6-14-12-15(4-5-16(14)17)21-18(24)22-8-10-27-11-9-22/h4-5,12,17H,6-11,13H2,1-3H3,(H,21,24)(H,25,26). The molecule has 1 aromatic rings. The molecule has 0 spiro atoms. The van der Waals surface area contributed by atoms with Crippen molar-refractivity contribution in [3.05, 3.63) is 29.3 Å². The smallest absolute Gasteiger partial charge is 0.407 e. The largest absolute Gasteiger partial charge is 0.465 e. The minimum atomic E-state index is -0.877. The summed E-state index contributed by atoms with van der Waals surface area (Å²) in [5, 5.41) is 12.5. The predicted molar refractivity (Wildman–Crippen MR) is 103 cm³/mol. The summed E-state index contributed by atoms with van der Waals surface area (Å²) in [6.07, 6.45) is -0.229. The minimum absolute atomic E-state index is 0.0641. The Morgan fingerprint density at radius 2 is 1.85 bits per heavy atom. The number of carbonyl (C=O) groups is 2. The molecule has 0 radical (unpaired) electrons. The molecule has 2 aliphatic heterocycles. The van der Waals surface area contributed by atoms with Crippen LogP contribution in [-0.2, 0) is 11.2 Å². The highest BCUT2D eigenvalue weighted by molar-refractivity contribution is 5.89. The van der Waals surface area contributed by atoms with Crippen molar-refractivity contribution in [2.45, 2.75) is 33.1 Å². The molecule has 0 bridgehead atoms. The Hall–Kier alpha value is -2.28. The monoisotopic (exact) mass is 375 g/mol. The van der Waals surface area contributed by atoms with Gasteiger partial charge >= 0.3 is 12.1 Å². The molecule has 1 saturated heterocycles. The maximum absolute atomic E-state index is 12.4. The first-order chi connectivity index (χ1) is 12.8. The molecule has 2 heterocycles. The highest BCUT2D eigenvalue weighted by atomic mass is 16.5. The number of carbonyl (C=O) groups excluding carboxylic acids is 1. The number of rotatable bonds is 1. The van der Waals surface area contributed by atoms with Crippen molar-refractivity contribution in [3.63, 3.8) is 0 Å². The molecule has 1 aromatic carbocycles. The molecule has 1 unspecified atom stereocenters. The van der Waals surface area contributed by atoms with E-state index in [0.29, 0.717) is 45.8 Å². The third-order valence-corrected chi connectivity index (χ3v) is 5.44. The summed E-state index contributed by atoms with van der Waals surface area (Å²) in [6, 6.07) is 5.85. The first-order valence-electron chi connectivity index (χ1n) is 9.50. The van der Waals surface area contributed by atoms with E-state index in [1.165, 1.54) is 10.5 Å². The van der Waals surface area contributed by atoms with Crippen LogP contribution in [-0.4, -0.2) is 66.4 Å². The Balaban J connectivity index is 1.82. The van der Waals surface area contributed by atoms with Crippen LogP contribution >= 0.6 is 0 Å². The summed E-state index contributed by atoms with van der Waals surface area (Å²) < 4.78 is 5.29. The van der Waals surface area contributed by atoms with Crippen LogP contribution in [0.15, 0.2) is 18.2 Å². The molecule has 148 valence electrons. The number of benzene rings is 1. The van der Waals surface area contributed by atoms with Crippen LogP contribution in [0.3, 0.4) is 0 Å². The summed E-state index contributed by atoms with van der Waals surface area (Å²) in [6.45, 7) is 9.70. The third kappa shape index (κ3) is 4.53. The first-order valence-corrected chi connectivity index (χ1v) is 9.50. The van der Waals surface area contributed by atoms with Gasteiger partial charge in [0, 0.05) is 37.8 Å². The van der Waals surface area contributed by atoms with E-state index in [9.17, 15) is 14.7 Å². The Bertz CT molecular complexity index is 708. The van der Waals surface area contributed by atoms with Crippen LogP contribution in [0.2, 0.25) is 0 Å². The second-order valence-electron chi connectivity index (χ2n) is 8.34. The fourth-order valence-electron chi connectivity index (χ4n) is 3.79. The number of ether oxygens (including phenoxy) is 1. The van der Waals surface area contributed by atoms with E-state index in [2.05, 4.69) is 26.1 Å². The van der Waals surface area contributed by atoms with Gasteiger partial charge in [-0.3, -0.25) is 0 Å². The fourth-order valence-corrected chi connectivity index (χ4v) is 3.79. The number of hydrogen-bond donors (Lipinski definition) is 2. The maximum Gasteiger partial charge on any atom is 0.407 e. The van der Waals surface area contributed by atoms with Crippen LogP contribution < -0.4 is 5.32 Å². The molecule has 2 N–H and O–H groups in total. The number of hydrogen-bond acceptors (Lipinski definition) is 3. The zero-order chi connectivity index (χ0) is 19.6. The number of morpholine rings is 1. The second-order valence-corrected chi connectivity index (χ2v) is 8.34. The summed E-state index contributed by atoms with van der Waals surface area (Å²) in [5.41, 5.74) is 2.97. The lowest BCUT2D eigenvalue weighted by molar-refractivity contribution is 0.0564. The highest BCUT2D eigenvalue weighted by Gasteiger charge is 2.33. The SMILES string of the molecule is CC(C)(C)C1CN(C(=O)O)CCc2cc(NC(=O)N3CCOCC3)ccc21. The van der Waals surface area contributed by atoms with Crippen molar-refractivity contribution in [1.29, 1.82) is 0 Å². The van der Waals surface area contributed by atoms with Gasteiger partial charge in [-0.1, -0.05) is 26.8 Å².